The van der Waals surface area contributed by atoms with Crippen molar-refractivity contribution >= 4 is 38.6 Å². The van der Waals surface area contributed by atoms with E-state index in [9.17, 15) is 0 Å². The minimum absolute atomic E-state index is 0.205. The molecule has 2 aromatic rings. The lowest BCUT2D eigenvalue weighted by atomic mass is 10.1. The molecule has 0 saturated heterocycles. The molecule has 1 aromatic heterocycles. The number of anilines is 2. The van der Waals surface area contributed by atoms with Gasteiger partial charge in [0.15, 0.2) is 0 Å². The van der Waals surface area contributed by atoms with Crippen molar-refractivity contribution in [3.8, 4) is 0 Å². The third kappa shape index (κ3) is 1.29. The summed E-state index contributed by atoms with van der Waals surface area (Å²) >= 11 is 3.43. The molecule has 0 atom stereocenters. The summed E-state index contributed by atoms with van der Waals surface area (Å²) < 4.78 is 0.991. The van der Waals surface area contributed by atoms with Gasteiger partial charge in [0.25, 0.3) is 0 Å². The van der Waals surface area contributed by atoms with Gasteiger partial charge < -0.3 is 11.5 Å². The monoisotopic (exact) mass is 252 g/mol. The van der Waals surface area contributed by atoms with Gasteiger partial charge in [-0.25, -0.2) is 4.98 Å². The van der Waals surface area contributed by atoms with Gasteiger partial charge in [0.05, 0.1) is 5.52 Å². The van der Waals surface area contributed by atoms with Crippen LogP contribution in [0.2, 0.25) is 0 Å². The highest BCUT2D eigenvalue weighted by molar-refractivity contribution is 9.10. The molecule has 0 aliphatic carbocycles. The van der Waals surface area contributed by atoms with Crippen molar-refractivity contribution in [2.24, 2.45) is 0 Å². The highest BCUT2D eigenvalue weighted by Crippen LogP contribution is 2.28. The molecule has 0 aliphatic heterocycles. The zero-order valence-electron chi connectivity index (χ0n) is 7.58. The summed E-state index contributed by atoms with van der Waals surface area (Å²) in [5.74, 6) is 0.628. The molecule has 1 heterocycles. The first kappa shape index (κ1) is 9.21. The fourth-order valence-electron chi connectivity index (χ4n) is 1.42. The number of rotatable bonds is 0. The summed E-state index contributed by atoms with van der Waals surface area (Å²) in [4.78, 5) is 8.03. The summed E-state index contributed by atoms with van der Waals surface area (Å²) in [7, 11) is 0. The molecule has 72 valence electrons. The second-order valence-corrected chi connectivity index (χ2v) is 3.89. The Kier molecular flexibility index (Phi) is 2.03. The highest BCUT2D eigenvalue weighted by Gasteiger charge is 2.07. The molecule has 0 radical (unpaired) electrons. The molecule has 1 aromatic carbocycles. The van der Waals surface area contributed by atoms with Crippen molar-refractivity contribution in [3.05, 3.63) is 22.2 Å². The van der Waals surface area contributed by atoms with Crippen molar-refractivity contribution in [3.63, 3.8) is 0 Å². The molecular weight excluding hydrogens is 244 g/mol. The van der Waals surface area contributed by atoms with E-state index in [0.717, 1.165) is 20.9 Å². The summed E-state index contributed by atoms with van der Waals surface area (Å²) in [6.45, 7) is 1.96. The van der Waals surface area contributed by atoms with Crippen LogP contribution < -0.4 is 11.5 Å². The molecule has 5 heteroatoms. The number of benzene rings is 1. The van der Waals surface area contributed by atoms with Crippen molar-refractivity contribution in [1.29, 1.82) is 0 Å². The standard InChI is InChI=1S/C9H9BrN4/c1-4-5(10)2-3-6-7(4)8(11)14-9(12)13-6/h2-3H,1H3,(H4,11,12,13,14). The van der Waals surface area contributed by atoms with Crippen molar-refractivity contribution in [2.75, 3.05) is 11.5 Å². The smallest absolute Gasteiger partial charge is 0.222 e. The summed E-state index contributed by atoms with van der Waals surface area (Å²) in [5.41, 5.74) is 13.1. The Balaban J connectivity index is 2.95. The lowest BCUT2D eigenvalue weighted by Crippen LogP contribution is -2.01. The molecule has 0 fully saturated rings. The van der Waals surface area contributed by atoms with Crippen LogP contribution in [0.25, 0.3) is 10.9 Å². The number of nitrogens with two attached hydrogens (primary N) is 2. The Morgan fingerprint density at radius 2 is 1.93 bits per heavy atom. The normalized spacial score (nSPS) is 10.7. The zero-order valence-corrected chi connectivity index (χ0v) is 9.17. The fraction of sp³-hybridized carbons (Fsp3) is 0.111. The average molecular weight is 253 g/mol. The molecular formula is C9H9BrN4. The molecule has 0 bridgehead atoms. The lowest BCUT2D eigenvalue weighted by Gasteiger charge is -2.06. The number of fused-ring (bicyclic) bond motifs is 1. The van der Waals surface area contributed by atoms with Gasteiger partial charge in [-0.1, -0.05) is 15.9 Å². The number of nitrogens with zero attached hydrogens (tertiary/aromatic N) is 2. The van der Waals surface area contributed by atoms with Gasteiger partial charge in [-0.05, 0) is 24.6 Å². The third-order valence-corrected chi connectivity index (χ3v) is 2.96. The maximum absolute atomic E-state index is 5.77. The number of aryl methyl sites for hydroxylation is 1. The van der Waals surface area contributed by atoms with Crippen LogP contribution in [0.3, 0.4) is 0 Å². The van der Waals surface area contributed by atoms with Crippen LogP contribution in [0.15, 0.2) is 16.6 Å². The Bertz CT molecular complexity index is 510. The van der Waals surface area contributed by atoms with Crippen LogP contribution >= 0.6 is 15.9 Å². The predicted molar refractivity (Wildman–Crippen MR) is 60.8 cm³/mol. The van der Waals surface area contributed by atoms with Crippen LogP contribution in [0.4, 0.5) is 11.8 Å². The molecule has 2 rings (SSSR count). The van der Waals surface area contributed by atoms with E-state index in [1.165, 1.54) is 0 Å². The summed E-state index contributed by atoms with van der Waals surface area (Å²) in [6, 6.07) is 3.78. The first-order valence-electron chi connectivity index (χ1n) is 4.07. The first-order valence-corrected chi connectivity index (χ1v) is 4.86. The van der Waals surface area contributed by atoms with E-state index in [2.05, 4.69) is 25.9 Å². The van der Waals surface area contributed by atoms with Gasteiger partial charge >= 0.3 is 0 Å². The Morgan fingerprint density at radius 3 is 2.64 bits per heavy atom. The molecule has 14 heavy (non-hydrogen) atoms. The van der Waals surface area contributed by atoms with E-state index in [4.69, 9.17) is 11.5 Å². The number of nitrogen functional groups attached to an aromatic ring is 2. The van der Waals surface area contributed by atoms with Gasteiger partial charge in [0, 0.05) is 9.86 Å². The molecule has 0 spiro atoms. The second kappa shape index (κ2) is 3.09. The average Bonchev–Trinajstić information content (AvgIpc) is 2.10. The van der Waals surface area contributed by atoms with Crippen molar-refractivity contribution in [1.82, 2.24) is 9.97 Å². The molecule has 4 nitrogen and oxygen atoms in total. The van der Waals surface area contributed by atoms with E-state index in [0.29, 0.717) is 5.82 Å². The van der Waals surface area contributed by atoms with Gasteiger partial charge in [-0.2, -0.15) is 4.98 Å². The van der Waals surface area contributed by atoms with Crippen LogP contribution in [-0.4, -0.2) is 9.97 Å². The quantitative estimate of drug-likeness (QED) is 0.751. The lowest BCUT2D eigenvalue weighted by molar-refractivity contribution is 1.24. The van der Waals surface area contributed by atoms with E-state index < -0.39 is 0 Å². The summed E-state index contributed by atoms with van der Waals surface area (Å²) in [6.07, 6.45) is 0. The molecule has 0 saturated carbocycles. The summed E-state index contributed by atoms with van der Waals surface area (Å²) in [5, 5.41) is 0.855. The Hall–Kier alpha value is -1.36. The maximum Gasteiger partial charge on any atom is 0.222 e. The zero-order chi connectivity index (χ0) is 10.3. The third-order valence-electron chi connectivity index (χ3n) is 2.10. The molecule has 0 unspecified atom stereocenters. The number of halogens is 1. The fourth-order valence-corrected chi connectivity index (χ4v) is 1.75. The van der Waals surface area contributed by atoms with Crippen LogP contribution in [0, 0.1) is 6.92 Å². The number of hydrogen-bond donors (Lipinski definition) is 2. The first-order chi connectivity index (χ1) is 6.59. The van der Waals surface area contributed by atoms with E-state index in [1.807, 2.05) is 19.1 Å². The maximum atomic E-state index is 5.77. The second-order valence-electron chi connectivity index (χ2n) is 3.03. The van der Waals surface area contributed by atoms with E-state index in [-0.39, 0.29) is 5.95 Å². The van der Waals surface area contributed by atoms with Crippen molar-refractivity contribution in [2.45, 2.75) is 6.92 Å². The Labute approximate surface area is 89.5 Å². The predicted octanol–water partition coefficient (Wildman–Crippen LogP) is 1.87. The van der Waals surface area contributed by atoms with Crippen LogP contribution in [0.1, 0.15) is 5.56 Å². The SMILES string of the molecule is Cc1c(Br)ccc2nc(N)nc(N)c12. The number of aromatic nitrogens is 2. The van der Waals surface area contributed by atoms with Gasteiger partial charge in [-0.15, -0.1) is 0 Å². The molecule has 4 N–H and O–H groups in total. The molecule has 0 amide bonds. The Morgan fingerprint density at radius 1 is 1.21 bits per heavy atom. The minimum Gasteiger partial charge on any atom is -0.383 e. The minimum atomic E-state index is 0.205. The highest BCUT2D eigenvalue weighted by atomic mass is 79.9. The van der Waals surface area contributed by atoms with Gasteiger partial charge in [0.1, 0.15) is 5.82 Å². The van der Waals surface area contributed by atoms with E-state index in [1.54, 1.807) is 0 Å². The van der Waals surface area contributed by atoms with Crippen LogP contribution in [-0.2, 0) is 0 Å². The van der Waals surface area contributed by atoms with Crippen molar-refractivity contribution < 1.29 is 0 Å². The van der Waals surface area contributed by atoms with Crippen LogP contribution in [0.5, 0.6) is 0 Å². The van der Waals surface area contributed by atoms with Gasteiger partial charge in [0.2, 0.25) is 5.95 Å². The largest absolute Gasteiger partial charge is 0.383 e. The topological polar surface area (TPSA) is 77.8 Å². The van der Waals surface area contributed by atoms with E-state index >= 15 is 0 Å². The molecule has 0 aliphatic rings. The number of hydrogen-bond acceptors (Lipinski definition) is 4. The van der Waals surface area contributed by atoms with Gasteiger partial charge in [-0.3, -0.25) is 0 Å².